The lowest BCUT2D eigenvalue weighted by molar-refractivity contribution is 1.13. The molecule has 2 N–H and O–H groups in total. The van der Waals surface area contributed by atoms with Gasteiger partial charge in [0.1, 0.15) is 5.84 Å². The molecule has 0 atom stereocenters. The Kier molecular flexibility index (Phi) is 4.22. The van der Waals surface area contributed by atoms with Crippen molar-refractivity contribution in [2.24, 2.45) is 5.11 Å². The molecule has 0 aliphatic heterocycles. The Balaban J connectivity index is 3.49. The van der Waals surface area contributed by atoms with Crippen LogP contribution in [-0.4, -0.2) is 5.84 Å². The molecular formula is C6H9N3. The van der Waals surface area contributed by atoms with Gasteiger partial charge in [-0.1, -0.05) is 24.8 Å². The lowest BCUT2D eigenvalue weighted by atomic mass is 10.3. The minimum Gasteiger partial charge on any atom is -0.285 e. The van der Waals surface area contributed by atoms with Gasteiger partial charge in [0.15, 0.2) is 0 Å². The van der Waals surface area contributed by atoms with E-state index in [9.17, 15) is 0 Å². The minimum atomic E-state index is 0.0631. The molecule has 3 heteroatoms. The zero-order valence-electron chi connectivity index (χ0n) is 5.09. The Morgan fingerprint density at radius 3 is 2.78 bits per heavy atom. The summed E-state index contributed by atoms with van der Waals surface area (Å²) in [6.45, 7) is 3.45. The fourth-order valence-electron chi connectivity index (χ4n) is 0.322. The summed E-state index contributed by atoms with van der Waals surface area (Å²) in [6.07, 6.45) is 5.49. The molecule has 0 aliphatic carbocycles. The number of nitrogens with zero attached hydrogens (tertiary/aromatic N) is 1. The number of allylic oxidation sites excluding steroid dienone is 2. The second-order valence-corrected chi connectivity index (χ2v) is 1.43. The van der Waals surface area contributed by atoms with E-state index >= 15 is 0 Å². The second-order valence-electron chi connectivity index (χ2n) is 1.43. The number of hydrogen-bond donors (Lipinski definition) is 2. The van der Waals surface area contributed by atoms with E-state index in [1.54, 1.807) is 18.2 Å². The maximum absolute atomic E-state index is 6.88. The van der Waals surface area contributed by atoms with Crippen molar-refractivity contribution in [1.82, 2.24) is 0 Å². The molecule has 0 saturated heterocycles. The van der Waals surface area contributed by atoms with Crippen LogP contribution in [0.2, 0.25) is 0 Å². The average Bonchev–Trinajstić information content (AvgIpc) is 1.89. The Hall–Kier alpha value is -1.25. The first-order chi connectivity index (χ1) is 4.31. The lowest BCUT2D eigenvalue weighted by Crippen LogP contribution is -1.84. The molecule has 0 spiro atoms. The molecule has 3 nitrogen and oxygen atoms in total. The summed E-state index contributed by atoms with van der Waals surface area (Å²) in [6, 6.07) is 0. The fourth-order valence-corrected chi connectivity index (χ4v) is 0.322. The highest BCUT2D eigenvalue weighted by molar-refractivity contribution is 5.80. The number of nitrogens with one attached hydrogen (secondary N) is 2. The van der Waals surface area contributed by atoms with E-state index in [0.717, 1.165) is 0 Å². The fraction of sp³-hybridized carbons (Fsp3) is 0.167. The highest BCUT2D eigenvalue weighted by Crippen LogP contribution is 1.86. The summed E-state index contributed by atoms with van der Waals surface area (Å²) in [5, 5.41) is 9.78. The highest BCUT2D eigenvalue weighted by atomic mass is 15.0. The predicted octanol–water partition coefficient (Wildman–Crippen LogP) is 2.13. The third-order valence-corrected chi connectivity index (χ3v) is 0.718. The molecule has 0 aromatic rings. The van der Waals surface area contributed by atoms with Gasteiger partial charge in [-0.3, -0.25) is 5.41 Å². The summed E-state index contributed by atoms with van der Waals surface area (Å²) in [5.41, 5.74) is 6.38. The van der Waals surface area contributed by atoms with Crippen LogP contribution in [0.1, 0.15) is 6.42 Å². The minimum absolute atomic E-state index is 0.0631. The molecule has 48 valence electrons. The van der Waals surface area contributed by atoms with Gasteiger partial charge in [-0.2, -0.15) is 0 Å². The van der Waals surface area contributed by atoms with Gasteiger partial charge in [0, 0.05) is 6.42 Å². The molecule has 9 heavy (non-hydrogen) atoms. The van der Waals surface area contributed by atoms with E-state index in [1.165, 1.54) is 0 Å². The van der Waals surface area contributed by atoms with Crippen molar-refractivity contribution in [3.05, 3.63) is 24.8 Å². The zero-order valence-corrected chi connectivity index (χ0v) is 5.09. The summed E-state index contributed by atoms with van der Waals surface area (Å²) < 4.78 is 0. The molecule has 0 radical (unpaired) electrons. The lowest BCUT2D eigenvalue weighted by Gasteiger charge is -1.83. The maximum Gasteiger partial charge on any atom is 0.146 e. The standard InChI is InChI=1S/C6H9N3/c1-2-3-4-5-6(7)9-8/h2-4,7-8H,1,5H2/b4-3-,7-6?,9-8?. The molecule has 0 unspecified atom stereocenters. The van der Waals surface area contributed by atoms with Gasteiger partial charge in [-0.05, 0) is 0 Å². The predicted molar refractivity (Wildman–Crippen MR) is 36.8 cm³/mol. The Bertz CT molecular complexity index is 146. The van der Waals surface area contributed by atoms with Crippen molar-refractivity contribution < 1.29 is 0 Å². The molecule has 0 aromatic carbocycles. The second kappa shape index (κ2) is 4.90. The van der Waals surface area contributed by atoms with Crippen molar-refractivity contribution in [3.8, 4) is 0 Å². The van der Waals surface area contributed by atoms with Gasteiger partial charge in [-0.15, -0.1) is 5.11 Å². The van der Waals surface area contributed by atoms with Crippen molar-refractivity contribution in [3.63, 3.8) is 0 Å². The van der Waals surface area contributed by atoms with E-state index in [-0.39, 0.29) is 5.84 Å². The van der Waals surface area contributed by atoms with Crippen molar-refractivity contribution in [1.29, 1.82) is 10.9 Å². The summed E-state index contributed by atoms with van der Waals surface area (Å²) >= 11 is 0. The van der Waals surface area contributed by atoms with Gasteiger partial charge in [0.25, 0.3) is 0 Å². The third-order valence-electron chi connectivity index (χ3n) is 0.718. The Labute approximate surface area is 54.1 Å². The van der Waals surface area contributed by atoms with E-state index in [2.05, 4.69) is 11.7 Å². The topological polar surface area (TPSA) is 60.1 Å². The first-order valence-corrected chi connectivity index (χ1v) is 2.53. The normalized spacial score (nSPS) is 9.33. The van der Waals surface area contributed by atoms with E-state index in [4.69, 9.17) is 10.9 Å². The largest absolute Gasteiger partial charge is 0.285 e. The van der Waals surface area contributed by atoms with E-state index in [0.29, 0.717) is 6.42 Å². The number of amidine groups is 1. The van der Waals surface area contributed by atoms with E-state index in [1.807, 2.05) is 0 Å². The van der Waals surface area contributed by atoms with Crippen LogP contribution >= 0.6 is 0 Å². The molecular weight excluding hydrogens is 114 g/mol. The monoisotopic (exact) mass is 123 g/mol. The van der Waals surface area contributed by atoms with Crippen molar-refractivity contribution in [2.75, 3.05) is 0 Å². The Morgan fingerprint density at radius 2 is 2.33 bits per heavy atom. The van der Waals surface area contributed by atoms with Crippen LogP contribution in [0, 0.1) is 10.9 Å². The van der Waals surface area contributed by atoms with Crippen molar-refractivity contribution >= 4 is 5.84 Å². The maximum atomic E-state index is 6.88. The van der Waals surface area contributed by atoms with Crippen LogP contribution in [0.15, 0.2) is 29.9 Å². The van der Waals surface area contributed by atoms with Crippen LogP contribution in [-0.2, 0) is 0 Å². The first-order valence-electron chi connectivity index (χ1n) is 2.53. The van der Waals surface area contributed by atoms with Gasteiger partial charge in [-0.25, -0.2) is 5.53 Å². The zero-order chi connectivity index (χ0) is 7.11. The molecule has 0 saturated carbocycles. The molecule has 0 aromatic heterocycles. The average molecular weight is 123 g/mol. The summed E-state index contributed by atoms with van der Waals surface area (Å²) in [4.78, 5) is 0. The van der Waals surface area contributed by atoms with E-state index < -0.39 is 0 Å². The van der Waals surface area contributed by atoms with Crippen molar-refractivity contribution in [2.45, 2.75) is 6.42 Å². The quantitative estimate of drug-likeness (QED) is 0.250. The molecule has 0 aliphatic rings. The van der Waals surface area contributed by atoms with Crippen LogP contribution in [0.25, 0.3) is 0 Å². The first kappa shape index (κ1) is 7.75. The smallest absolute Gasteiger partial charge is 0.146 e. The van der Waals surface area contributed by atoms with Gasteiger partial charge >= 0.3 is 0 Å². The molecule has 0 bridgehead atoms. The molecule has 0 amide bonds. The van der Waals surface area contributed by atoms with Crippen LogP contribution in [0.4, 0.5) is 0 Å². The van der Waals surface area contributed by atoms with Crippen LogP contribution in [0.5, 0.6) is 0 Å². The third kappa shape index (κ3) is 4.61. The molecule has 0 fully saturated rings. The summed E-state index contributed by atoms with van der Waals surface area (Å²) in [5.74, 6) is 0.0631. The number of hydrogen-bond acceptors (Lipinski definition) is 2. The molecule has 0 heterocycles. The van der Waals surface area contributed by atoms with Gasteiger partial charge in [0.05, 0.1) is 0 Å². The van der Waals surface area contributed by atoms with Gasteiger partial charge < -0.3 is 0 Å². The Morgan fingerprint density at radius 1 is 1.67 bits per heavy atom. The highest BCUT2D eigenvalue weighted by Gasteiger charge is 1.84. The van der Waals surface area contributed by atoms with Crippen LogP contribution in [0.3, 0.4) is 0 Å². The van der Waals surface area contributed by atoms with Crippen LogP contribution < -0.4 is 0 Å². The SMILES string of the molecule is C=C/C=C\CC(=N)N=N. The summed E-state index contributed by atoms with van der Waals surface area (Å²) in [7, 11) is 0. The molecule has 0 rings (SSSR count). The number of rotatable bonds is 3. The van der Waals surface area contributed by atoms with Gasteiger partial charge in [0.2, 0.25) is 0 Å².